The summed E-state index contributed by atoms with van der Waals surface area (Å²) in [6, 6.07) is 10.4. The lowest BCUT2D eigenvalue weighted by atomic mass is 10.1. The molecule has 0 bridgehead atoms. The quantitative estimate of drug-likeness (QED) is 0.394. The van der Waals surface area contributed by atoms with Gasteiger partial charge in [0, 0.05) is 38.9 Å². The smallest absolute Gasteiger partial charge is 0.193 e. The Bertz CT molecular complexity index is 799. The number of nitrogens with one attached hydrogen (secondary N) is 1. The summed E-state index contributed by atoms with van der Waals surface area (Å²) in [6.07, 6.45) is 4.57. The van der Waals surface area contributed by atoms with Crippen molar-refractivity contribution in [2.45, 2.75) is 32.2 Å². The first kappa shape index (κ1) is 21.1. The SMILES string of the molecule is CN=C(NCc1nn(-c2ccccc2)c2c1CCC2)N(C)CC1CCOC1.I. The molecule has 28 heavy (non-hydrogen) atoms. The zero-order chi connectivity index (χ0) is 18.6. The van der Waals surface area contributed by atoms with Gasteiger partial charge in [0.05, 0.1) is 24.5 Å². The Morgan fingerprint density at radius 1 is 1.32 bits per heavy atom. The van der Waals surface area contributed by atoms with Gasteiger partial charge >= 0.3 is 0 Å². The van der Waals surface area contributed by atoms with Crippen molar-refractivity contribution in [3.05, 3.63) is 47.3 Å². The largest absolute Gasteiger partial charge is 0.381 e. The highest BCUT2D eigenvalue weighted by Crippen LogP contribution is 2.27. The summed E-state index contributed by atoms with van der Waals surface area (Å²) in [5.41, 5.74) is 5.06. The van der Waals surface area contributed by atoms with Crippen molar-refractivity contribution >= 4 is 29.9 Å². The number of hydrogen-bond donors (Lipinski definition) is 1. The van der Waals surface area contributed by atoms with E-state index in [1.54, 1.807) is 0 Å². The first-order valence-corrected chi connectivity index (χ1v) is 9.91. The van der Waals surface area contributed by atoms with Crippen LogP contribution in [0.25, 0.3) is 5.69 Å². The Morgan fingerprint density at radius 2 is 2.14 bits per heavy atom. The van der Waals surface area contributed by atoms with Crippen LogP contribution in [0.1, 0.15) is 29.8 Å². The maximum absolute atomic E-state index is 5.50. The molecule has 2 aromatic rings. The van der Waals surface area contributed by atoms with Gasteiger partial charge in [-0.1, -0.05) is 18.2 Å². The normalized spacial score (nSPS) is 18.6. The molecule has 0 amide bonds. The van der Waals surface area contributed by atoms with Gasteiger partial charge in [-0.05, 0) is 43.4 Å². The van der Waals surface area contributed by atoms with Crippen LogP contribution < -0.4 is 5.32 Å². The Morgan fingerprint density at radius 3 is 2.86 bits per heavy atom. The third-order valence-electron chi connectivity index (χ3n) is 5.56. The van der Waals surface area contributed by atoms with Crippen molar-refractivity contribution in [2.24, 2.45) is 10.9 Å². The Labute approximate surface area is 184 Å². The number of benzene rings is 1. The number of fused-ring (bicyclic) bond motifs is 1. The molecule has 2 aliphatic rings. The van der Waals surface area contributed by atoms with Gasteiger partial charge in [-0.15, -0.1) is 24.0 Å². The van der Waals surface area contributed by atoms with E-state index in [1.807, 2.05) is 13.1 Å². The fourth-order valence-electron chi connectivity index (χ4n) is 4.19. The lowest BCUT2D eigenvalue weighted by molar-refractivity contribution is 0.181. The van der Waals surface area contributed by atoms with Gasteiger partial charge in [0.1, 0.15) is 0 Å². The zero-order valence-corrected chi connectivity index (χ0v) is 19.1. The van der Waals surface area contributed by atoms with Crippen molar-refractivity contribution in [1.29, 1.82) is 0 Å². The lowest BCUT2D eigenvalue weighted by Gasteiger charge is -2.24. The van der Waals surface area contributed by atoms with Crippen LogP contribution in [0.5, 0.6) is 0 Å². The molecule has 1 unspecified atom stereocenters. The second kappa shape index (κ2) is 9.73. The molecule has 0 spiro atoms. The fourth-order valence-corrected chi connectivity index (χ4v) is 4.19. The van der Waals surface area contributed by atoms with Gasteiger partial charge in [0.25, 0.3) is 0 Å². The minimum absolute atomic E-state index is 0. The Balaban J connectivity index is 0.00000225. The van der Waals surface area contributed by atoms with Gasteiger partial charge < -0.3 is 15.0 Å². The maximum Gasteiger partial charge on any atom is 0.193 e. The Kier molecular flexibility index (Phi) is 7.34. The number of hydrogen-bond acceptors (Lipinski definition) is 3. The van der Waals surface area contributed by atoms with Gasteiger partial charge in [0.2, 0.25) is 0 Å². The number of guanidine groups is 1. The van der Waals surface area contributed by atoms with Crippen molar-refractivity contribution in [3.63, 3.8) is 0 Å². The van der Waals surface area contributed by atoms with E-state index < -0.39 is 0 Å². The molecule has 6 nitrogen and oxygen atoms in total. The number of aliphatic imine (C=N–C) groups is 1. The average Bonchev–Trinajstić information content (AvgIpc) is 3.42. The molecule has 1 aliphatic heterocycles. The highest BCUT2D eigenvalue weighted by Gasteiger charge is 2.24. The summed E-state index contributed by atoms with van der Waals surface area (Å²) in [6.45, 7) is 3.42. The predicted octanol–water partition coefficient (Wildman–Crippen LogP) is 3.02. The van der Waals surface area contributed by atoms with Crippen LogP contribution in [0, 0.1) is 5.92 Å². The molecule has 1 fully saturated rings. The molecule has 0 radical (unpaired) electrons. The molecule has 0 saturated carbocycles. The van der Waals surface area contributed by atoms with Crippen molar-refractivity contribution in [1.82, 2.24) is 20.0 Å². The van der Waals surface area contributed by atoms with Crippen LogP contribution in [0.3, 0.4) is 0 Å². The molecule has 1 aromatic carbocycles. The molecule has 1 aromatic heterocycles. The first-order valence-electron chi connectivity index (χ1n) is 9.91. The summed E-state index contributed by atoms with van der Waals surface area (Å²) in [4.78, 5) is 6.66. The van der Waals surface area contributed by atoms with E-state index in [4.69, 9.17) is 9.84 Å². The molecular formula is C21H30IN5O. The molecule has 2 heterocycles. The third kappa shape index (κ3) is 4.51. The number of rotatable bonds is 5. The summed E-state index contributed by atoms with van der Waals surface area (Å²) in [5, 5.41) is 8.44. The number of halogens is 1. The van der Waals surface area contributed by atoms with E-state index in [9.17, 15) is 0 Å². The highest BCUT2D eigenvalue weighted by atomic mass is 127. The van der Waals surface area contributed by atoms with Crippen molar-refractivity contribution in [3.8, 4) is 5.69 Å². The second-order valence-electron chi connectivity index (χ2n) is 7.48. The summed E-state index contributed by atoms with van der Waals surface area (Å²) in [7, 11) is 3.94. The van der Waals surface area contributed by atoms with E-state index in [0.717, 1.165) is 56.4 Å². The minimum Gasteiger partial charge on any atom is -0.381 e. The molecule has 152 valence electrons. The third-order valence-corrected chi connectivity index (χ3v) is 5.56. The van der Waals surface area contributed by atoms with Gasteiger partial charge in [-0.25, -0.2) is 4.68 Å². The average molecular weight is 495 g/mol. The van der Waals surface area contributed by atoms with E-state index in [0.29, 0.717) is 12.5 Å². The van der Waals surface area contributed by atoms with Gasteiger partial charge in [-0.3, -0.25) is 4.99 Å². The van der Waals surface area contributed by atoms with Crippen LogP contribution >= 0.6 is 24.0 Å². The topological polar surface area (TPSA) is 54.7 Å². The maximum atomic E-state index is 5.50. The molecule has 1 aliphatic carbocycles. The lowest BCUT2D eigenvalue weighted by Crippen LogP contribution is -2.41. The zero-order valence-electron chi connectivity index (χ0n) is 16.7. The standard InChI is InChI=1S/C21H29N5O.HI/c1-22-21(25(2)14-16-11-12-27-15-16)23-13-19-18-9-6-10-20(18)26(24-19)17-7-4-3-5-8-17;/h3-5,7-8,16H,6,9-15H2,1-2H3,(H,22,23);1H. The molecule has 1 atom stereocenters. The summed E-state index contributed by atoms with van der Waals surface area (Å²) >= 11 is 0. The number of ether oxygens (including phenoxy) is 1. The summed E-state index contributed by atoms with van der Waals surface area (Å²) in [5.74, 6) is 1.51. The second-order valence-corrected chi connectivity index (χ2v) is 7.48. The van der Waals surface area contributed by atoms with E-state index in [-0.39, 0.29) is 24.0 Å². The first-order chi connectivity index (χ1) is 13.3. The molecular weight excluding hydrogens is 465 g/mol. The van der Waals surface area contributed by atoms with Crippen molar-refractivity contribution < 1.29 is 4.74 Å². The number of aromatic nitrogens is 2. The number of para-hydroxylation sites is 1. The van der Waals surface area contributed by atoms with E-state index >= 15 is 0 Å². The van der Waals surface area contributed by atoms with Crippen LogP contribution in [-0.4, -0.2) is 54.5 Å². The fraction of sp³-hybridized carbons (Fsp3) is 0.524. The van der Waals surface area contributed by atoms with Gasteiger partial charge in [-0.2, -0.15) is 5.10 Å². The molecule has 1 N–H and O–H groups in total. The van der Waals surface area contributed by atoms with Crippen molar-refractivity contribution in [2.75, 3.05) is 33.9 Å². The van der Waals surface area contributed by atoms with E-state index in [1.165, 1.54) is 17.7 Å². The van der Waals surface area contributed by atoms with Crippen LogP contribution in [-0.2, 0) is 24.1 Å². The van der Waals surface area contributed by atoms with E-state index in [2.05, 4.69) is 51.2 Å². The van der Waals surface area contributed by atoms with Gasteiger partial charge in [0.15, 0.2) is 5.96 Å². The minimum atomic E-state index is 0. The highest BCUT2D eigenvalue weighted by molar-refractivity contribution is 14.0. The molecule has 1 saturated heterocycles. The monoisotopic (exact) mass is 495 g/mol. The van der Waals surface area contributed by atoms with Crippen LogP contribution in [0.4, 0.5) is 0 Å². The van der Waals surface area contributed by atoms with Crippen LogP contribution in [0.2, 0.25) is 0 Å². The predicted molar refractivity (Wildman–Crippen MR) is 123 cm³/mol. The Hall–Kier alpha value is -1.61. The van der Waals surface area contributed by atoms with Crippen LogP contribution in [0.15, 0.2) is 35.3 Å². The molecule has 7 heteroatoms. The number of nitrogens with zero attached hydrogens (tertiary/aromatic N) is 4. The summed E-state index contributed by atoms with van der Waals surface area (Å²) < 4.78 is 7.62. The molecule has 4 rings (SSSR count).